The van der Waals surface area contributed by atoms with Gasteiger partial charge in [0.1, 0.15) is 11.6 Å². The topological polar surface area (TPSA) is 34.1 Å². The largest absolute Gasteiger partial charge is 0.481 e. The lowest BCUT2D eigenvalue weighted by atomic mass is 9.75. The lowest BCUT2D eigenvalue weighted by Crippen LogP contribution is -2.41. The number of rotatable bonds is 5. The van der Waals surface area contributed by atoms with Crippen molar-refractivity contribution in [2.24, 2.45) is 0 Å². The third kappa shape index (κ3) is 3.67. The van der Waals surface area contributed by atoms with Crippen molar-refractivity contribution in [1.29, 1.82) is 0 Å². The summed E-state index contributed by atoms with van der Waals surface area (Å²) in [5, 5.41) is 3.54. The molecule has 0 radical (unpaired) electrons. The van der Waals surface area contributed by atoms with E-state index in [-0.39, 0.29) is 12.0 Å². The van der Waals surface area contributed by atoms with Gasteiger partial charge in [0.2, 0.25) is 5.88 Å². The SMILES string of the molecule is COc1cc(C(C)NC2CC(c3cc(F)cc(F)c3)C2)ccn1. The molecule has 1 N–H and O–H groups in total. The molecule has 3 rings (SSSR count). The zero-order valence-electron chi connectivity index (χ0n) is 13.2. The fourth-order valence-electron chi connectivity index (χ4n) is 3.09. The number of ether oxygens (including phenoxy) is 1. The zero-order chi connectivity index (χ0) is 16.4. The monoisotopic (exact) mass is 318 g/mol. The van der Waals surface area contributed by atoms with Crippen molar-refractivity contribution < 1.29 is 13.5 Å². The van der Waals surface area contributed by atoms with Crippen LogP contribution < -0.4 is 10.1 Å². The van der Waals surface area contributed by atoms with E-state index in [1.165, 1.54) is 12.1 Å². The molecule has 1 heterocycles. The van der Waals surface area contributed by atoms with E-state index in [0.29, 0.717) is 11.9 Å². The van der Waals surface area contributed by atoms with Gasteiger partial charge in [-0.1, -0.05) is 0 Å². The number of halogens is 2. The third-order valence-corrected chi connectivity index (χ3v) is 4.45. The van der Waals surface area contributed by atoms with Crippen LogP contribution in [0.2, 0.25) is 0 Å². The van der Waals surface area contributed by atoms with Crippen LogP contribution in [0.25, 0.3) is 0 Å². The molecule has 0 saturated heterocycles. The van der Waals surface area contributed by atoms with Gasteiger partial charge in [-0.05, 0) is 55.0 Å². The molecule has 1 atom stereocenters. The van der Waals surface area contributed by atoms with E-state index in [0.717, 1.165) is 30.0 Å². The Kier molecular flexibility index (Phi) is 4.57. The van der Waals surface area contributed by atoms with Gasteiger partial charge in [0.05, 0.1) is 7.11 Å². The Balaban J connectivity index is 1.57. The van der Waals surface area contributed by atoms with Crippen LogP contribution in [0.3, 0.4) is 0 Å². The van der Waals surface area contributed by atoms with Gasteiger partial charge in [0, 0.05) is 30.4 Å². The van der Waals surface area contributed by atoms with Gasteiger partial charge < -0.3 is 10.1 Å². The number of methoxy groups -OCH3 is 1. The predicted octanol–water partition coefficient (Wildman–Crippen LogP) is 3.97. The van der Waals surface area contributed by atoms with Gasteiger partial charge in [-0.15, -0.1) is 0 Å². The second kappa shape index (κ2) is 6.62. The summed E-state index contributed by atoms with van der Waals surface area (Å²) in [5.41, 5.74) is 1.86. The number of aromatic nitrogens is 1. The first kappa shape index (κ1) is 15.9. The molecule has 0 amide bonds. The van der Waals surface area contributed by atoms with Crippen molar-refractivity contribution in [1.82, 2.24) is 10.3 Å². The van der Waals surface area contributed by atoms with Crippen LogP contribution >= 0.6 is 0 Å². The maximum Gasteiger partial charge on any atom is 0.213 e. The summed E-state index contributed by atoms with van der Waals surface area (Å²) in [7, 11) is 1.60. The van der Waals surface area contributed by atoms with Crippen LogP contribution in [0.4, 0.5) is 8.78 Å². The molecule has 1 aliphatic rings. The summed E-state index contributed by atoms with van der Waals surface area (Å²) in [6.45, 7) is 2.09. The van der Waals surface area contributed by atoms with E-state index in [9.17, 15) is 8.78 Å². The van der Waals surface area contributed by atoms with Crippen LogP contribution in [-0.4, -0.2) is 18.1 Å². The lowest BCUT2D eigenvalue weighted by molar-refractivity contribution is 0.269. The standard InChI is InChI=1S/C18H20F2N2O/c1-11(12-3-4-21-18(9-12)23-2)22-17-7-14(8-17)13-5-15(19)10-16(20)6-13/h3-6,9-11,14,17,22H,7-8H2,1-2H3. The highest BCUT2D eigenvalue weighted by molar-refractivity contribution is 5.26. The van der Waals surface area contributed by atoms with Crippen molar-refractivity contribution in [2.45, 2.75) is 37.8 Å². The Morgan fingerprint density at radius 3 is 2.52 bits per heavy atom. The molecule has 23 heavy (non-hydrogen) atoms. The summed E-state index contributed by atoms with van der Waals surface area (Å²) in [5.74, 6) is -0.197. The summed E-state index contributed by atoms with van der Waals surface area (Å²) in [4.78, 5) is 4.10. The Hall–Kier alpha value is -2.01. The molecule has 122 valence electrons. The molecule has 5 heteroatoms. The first-order valence-corrected chi connectivity index (χ1v) is 7.77. The van der Waals surface area contributed by atoms with Crippen LogP contribution in [0.1, 0.15) is 42.9 Å². The minimum atomic E-state index is -0.506. The molecule has 1 aromatic heterocycles. The molecule has 1 aliphatic carbocycles. The van der Waals surface area contributed by atoms with Crippen molar-refractivity contribution in [3.8, 4) is 5.88 Å². The zero-order valence-corrected chi connectivity index (χ0v) is 13.2. The number of nitrogens with zero attached hydrogens (tertiary/aromatic N) is 1. The molecule has 1 fully saturated rings. The summed E-state index contributed by atoms with van der Waals surface area (Å²) in [6, 6.07) is 8.16. The van der Waals surface area contributed by atoms with Crippen molar-refractivity contribution in [3.05, 3.63) is 59.3 Å². The van der Waals surface area contributed by atoms with E-state index in [4.69, 9.17) is 4.74 Å². The smallest absolute Gasteiger partial charge is 0.213 e. The number of pyridine rings is 1. The predicted molar refractivity (Wildman–Crippen MR) is 84.5 cm³/mol. The first-order valence-electron chi connectivity index (χ1n) is 7.77. The summed E-state index contributed by atoms with van der Waals surface area (Å²) in [6.07, 6.45) is 3.50. The molecule has 1 saturated carbocycles. The van der Waals surface area contributed by atoms with Crippen molar-refractivity contribution in [2.75, 3.05) is 7.11 Å². The molecule has 0 spiro atoms. The second-order valence-electron chi connectivity index (χ2n) is 6.09. The van der Waals surface area contributed by atoms with Crippen molar-refractivity contribution in [3.63, 3.8) is 0 Å². The van der Waals surface area contributed by atoms with E-state index in [2.05, 4.69) is 17.2 Å². The molecule has 0 bridgehead atoms. The van der Waals surface area contributed by atoms with Gasteiger partial charge in [-0.3, -0.25) is 0 Å². The molecule has 3 nitrogen and oxygen atoms in total. The fourth-order valence-corrected chi connectivity index (χ4v) is 3.09. The fraction of sp³-hybridized carbons (Fsp3) is 0.389. The lowest BCUT2D eigenvalue weighted by Gasteiger charge is -2.38. The molecule has 1 unspecified atom stereocenters. The summed E-state index contributed by atoms with van der Waals surface area (Å²) >= 11 is 0. The van der Waals surface area contributed by atoms with E-state index < -0.39 is 11.6 Å². The average Bonchev–Trinajstić information content (AvgIpc) is 2.49. The van der Waals surface area contributed by atoms with Crippen LogP contribution in [0.15, 0.2) is 36.5 Å². The van der Waals surface area contributed by atoms with Gasteiger partial charge >= 0.3 is 0 Å². The Morgan fingerprint density at radius 1 is 1.17 bits per heavy atom. The normalized spacial score (nSPS) is 21.6. The quantitative estimate of drug-likeness (QED) is 0.906. The highest BCUT2D eigenvalue weighted by Crippen LogP contribution is 2.38. The highest BCUT2D eigenvalue weighted by atomic mass is 19.1. The van der Waals surface area contributed by atoms with Gasteiger partial charge in [-0.25, -0.2) is 13.8 Å². The van der Waals surface area contributed by atoms with Crippen LogP contribution in [0.5, 0.6) is 5.88 Å². The maximum absolute atomic E-state index is 13.3. The van der Waals surface area contributed by atoms with Gasteiger partial charge in [0.15, 0.2) is 0 Å². The molecule has 2 aromatic rings. The van der Waals surface area contributed by atoms with Crippen molar-refractivity contribution >= 4 is 0 Å². The molecular formula is C18H20F2N2O. The van der Waals surface area contributed by atoms with Gasteiger partial charge in [0.25, 0.3) is 0 Å². The Labute approximate surface area is 134 Å². The van der Waals surface area contributed by atoms with Crippen LogP contribution in [-0.2, 0) is 0 Å². The number of nitrogens with one attached hydrogen (secondary N) is 1. The number of hydrogen-bond acceptors (Lipinski definition) is 3. The third-order valence-electron chi connectivity index (χ3n) is 4.45. The summed E-state index contributed by atoms with van der Waals surface area (Å²) < 4.78 is 31.7. The first-order chi connectivity index (χ1) is 11.0. The Bertz CT molecular complexity index is 666. The minimum Gasteiger partial charge on any atom is -0.481 e. The molecular weight excluding hydrogens is 298 g/mol. The van der Waals surface area contributed by atoms with E-state index in [1.807, 2.05) is 12.1 Å². The minimum absolute atomic E-state index is 0.169. The van der Waals surface area contributed by atoms with Crippen LogP contribution in [0, 0.1) is 11.6 Å². The van der Waals surface area contributed by atoms with E-state index >= 15 is 0 Å². The second-order valence-corrected chi connectivity index (χ2v) is 6.09. The van der Waals surface area contributed by atoms with Gasteiger partial charge in [-0.2, -0.15) is 0 Å². The highest BCUT2D eigenvalue weighted by Gasteiger charge is 2.31. The molecule has 1 aromatic carbocycles. The Morgan fingerprint density at radius 2 is 1.87 bits per heavy atom. The number of benzene rings is 1. The molecule has 0 aliphatic heterocycles. The average molecular weight is 318 g/mol. The maximum atomic E-state index is 13.3. The number of hydrogen-bond donors (Lipinski definition) is 1. The van der Waals surface area contributed by atoms with E-state index in [1.54, 1.807) is 13.3 Å².